The fraction of sp³-hybridized carbons (Fsp3) is 0.292. The van der Waals surface area contributed by atoms with Gasteiger partial charge < -0.3 is 15.0 Å². The summed E-state index contributed by atoms with van der Waals surface area (Å²) in [4.78, 5) is 27.8. The normalized spacial score (nSPS) is 15.3. The van der Waals surface area contributed by atoms with Crippen LogP contribution in [0.4, 0.5) is 5.69 Å². The number of benzene rings is 2. The number of aromatic nitrogens is 2. The summed E-state index contributed by atoms with van der Waals surface area (Å²) in [6.45, 7) is 4.23. The second kappa shape index (κ2) is 9.04. The Labute approximate surface area is 181 Å². The Hall–Kier alpha value is -3.61. The molecule has 7 heteroatoms. The fourth-order valence-corrected chi connectivity index (χ4v) is 3.68. The molecule has 1 unspecified atom stereocenters. The van der Waals surface area contributed by atoms with Gasteiger partial charge in [-0.3, -0.25) is 9.59 Å². The number of nitrogens with zero attached hydrogens (tertiary/aromatic N) is 3. The van der Waals surface area contributed by atoms with Gasteiger partial charge in [-0.05, 0) is 55.3 Å². The number of carbonyl (C=O) groups is 2. The molecule has 1 aliphatic heterocycles. The summed E-state index contributed by atoms with van der Waals surface area (Å²) >= 11 is 0. The van der Waals surface area contributed by atoms with Gasteiger partial charge in [0.1, 0.15) is 5.75 Å². The highest BCUT2D eigenvalue weighted by atomic mass is 16.5. The molecule has 0 saturated heterocycles. The summed E-state index contributed by atoms with van der Waals surface area (Å²) in [5, 5.41) is 7.24. The zero-order chi connectivity index (χ0) is 21.8. The Morgan fingerprint density at radius 1 is 1.10 bits per heavy atom. The van der Waals surface area contributed by atoms with E-state index in [1.54, 1.807) is 34.0 Å². The average molecular weight is 418 g/mol. The molecule has 160 valence electrons. The molecular weight excluding hydrogens is 392 g/mol. The molecule has 0 aliphatic carbocycles. The van der Waals surface area contributed by atoms with Crippen molar-refractivity contribution in [2.75, 3.05) is 11.4 Å². The van der Waals surface area contributed by atoms with Crippen molar-refractivity contribution >= 4 is 17.5 Å². The van der Waals surface area contributed by atoms with E-state index >= 15 is 0 Å². The quantitative estimate of drug-likeness (QED) is 0.664. The van der Waals surface area contributed by atoms with E-state index in [1.807, 2.05) is 56.4 Å². The third-order valence-corrected chi connectivity index (χ3v) is 5.53. The number of amides is 2. The average Bonchev–Trinajstić information content (AvgIpc) is 3.36. The number of fused-ring (bicyclic) bond motifs is 1. The highest BCUT2D eigenvalue weighted by Crippen LogP contribution is 2.34. The van der Waals surface area contributed by atoms with Crippen molar-refractivity contribution in [3.63, 3.8) is 0 Å². The topological polar surface area (TPSA) is 76.5 Å². The minimum absolute atomic E-state index is 0.0901. The van der Waals surface area contributed by atoms with Crippen molar-refractivity contribution in [2.45, 2.75) is 38.8 Å². The van der Waals surface area contributed by atoms with Crippen molar-refractivity contribution in [1.29, 1.82) is 0 Å². The zero-order valence-electron chi connectivity index (χ0n) is 17.7. The highest BCUT2D eigenvalue weighted by Gasteiger charge is 2.34. The minimum Gasteiger partial charge on any atom is -0.477 e. The lowest BCUT2D eigenvalue weighted by molar-refractivity contribution is -0.128. The number of anilines is 1. The van der Waals surface area contributed by atoms with Crippen LogP contribution >= 0.6 is 0 Å². The van der Waals surface area contributed by atoms with Crippen LogP contribution in [0.15, 0.2) is 67.0 Å². The number of hydrogen-bond acceptors (Lipinski definition) is 4. The number of hydrogen-bond donors (Lipinski definition) is 1. The molecule has 1 aromatic heterocycles. The summed E-state index contributed by atoms with van der Waals surface area (Å²) < 4.78 is 7.68. The molecule has 4 rings (SSSR count). The molecule has 2 amide bonds. The Kier molecular flexibility index (Phi) is 6.02. The number of nitrogens with one attached hydrogen (secondary N) is 1. The van der Waals surface area contributed by atoms with Crippen LogP contribution in [0.25, 0.3) is 5.69 Å². The maximum absolute atomic E-state index is 13.4. The number of rotatable bonds is 6. The number of ether oxygens (including phenoxy) is 1. The lowest BCUT2D eigenvalue weighted by Gasteiger charge is -2.34. The Bertz CT molecular complexity index is 1040. The maximum Gasteiger partial charge on any atom is 0.263 e. The first-order valence-corrected chi connectivity index (χ1v) is 10.6. The maximum atomic E-state index is 13.4. The first-order chi connectivity index (χ1) is 15.1. The molecule has 0 fully saturated rings. The molecule has 0 bridgehead atoms. The van der Waals surface area contributed by atoms with Crippen LogP contribution in [0.3, 0.4) is 0 Å². The molecule has 31 heavy (non-hydrogen) atoms. The van der Waals surface area contributed by atoms with Crippen LogP contribution in [0, 0.1) is 0 Å². The van der Waals surface area contributed by atoms with Crippen molar-refractivity contribution in [1.82, 2.24) is 15.1 Å². The Morgan fingerprint density at radius 2 is 1.84 bits per heavy atom. The third kappa shape index (κ3) is 4.30. The first kappa shape index (κ1) is 20.7. The lowest BCUT2D eigenvalue weighted by atomic mass is 10.1. The van der Waals surface area contributed by atoms with Crippen LogP contribution in [0.5, 0.6) is 5.75 Å². The van der Waals surface area contributed by atoms with Gasteiger partial charge in [-0.25, -0.2) is 4.68 Å². The molecule has 1 atom stereocenters. The second-order valence-electron chi connectivity index (χ2n) is 7.51. The summed E-state index contributed by atoms with van der Waals surface area (Å²) in [6, 6.07) is 16.5. The van der Waals surface area contributed by atoms with Crippen molar-refractivity contribution in [3.05, 3.63) is 72.6 Å². The van der Waals surface area contributed by atoms with Crippen molar-refractivity contribution < 1.29 is 14.3 Å². The molecule has 2 heterocycles. The second-order valence-corrected chi connectivity index (χ2v) is 7.51. The lowest BCUT2D eigenvalue weighted by Crippen LogP contribution is -2.52. The molecular formula is C24H26N4O3. The SMILES string of the molecule is CCC(CC)NC(=O)C1CN(C(=O)c2ccc(-n3cccn3)cc2)c2ccccc2O1. The Balaban J connectivity index is 1.58. The number of para-hydroxylation sites is 2. The zero-order valence-corrected chi connectivity index (χ0v) is 17.7. The van der Waals surface area contributed by atoms with Crippen LogP contribution < -0.4 is 15.0 Å². The van der Waals surface area contributed by atoms with Crippen LogP contribution in [0.1, 0.15) is 37.0 Å². The van der Waals surface area contributed by atoms with Crippen LogP contribution in [0.2, 0.25) is 0 Å². The van der Waals surface area contributed by atoms with Crippen molar-refractivity contribution in [3.8, 4) is 11.4 Å². The van der Waals surface area contributed by atoms with E-state index in [0.29, 0.717) is 17.0 Å². The molecule has 7 nitrogen and oxygen atoms in total. The van der Waals surface area contributed by atoms with Gasteiger partial charge in [-0.1, -0.05) is 26.0 Å². The van der Waals surface area contributed by atoms with Gasteiger partial charge in [0.15, 0.2) is 6.10 Å². The molecule has 2 aromatic carbocycles. The molecule has 1 aliphatic rings. The van der Waals surface area contributed by atoms with Crippen molar-refractivity contribution in [2.24, 2.45) is 0 Å². The molecule has 0 spiro atoms. The monoisotopic (exact) mass is 418 g/mol. The van der Waals surface area contributed by atoms with E-state index in [2.05, 4.69) is 10.4 Å². The molecule has 0 saturated carbocycles. The highest BCUT2D eigenvalue weighted by molar-refractivity contribution is 6.08. The third-order valence-electron chi connectivity index (χ3n) is 5.53. The standard InChI is InChI=1S/C24H26N4O3/c1-3-18(4-2)26-23(29)22-16-27(20-8-5-6-9-21(20)31-22)24(30)17-10-12-19(13-11-17)28-15-7-14-25-28/h5-15,18,22H,3-4,16H2,1-2H3,(H,26,29). The largest absolute Gasteiger partial charge is 0.477 e. The summed E-state index contributed by atoms with van der Waals surface area (Å²) in [7, 11) is 0. The van der Waals surface area contributed by atoms with Gasteiger partial charge in [-0.15, -0.1) is 0 Å². The van der Waals surface area contributed by atoms with Gasteiger partial charge in [0, 0.05) is 24.0 Å². The summed E-state index contributed by atoms with van der Waals surface area (Å²) in [5.41, 5.74) is 2.06. The molecule has 1 N–H and O–H groups in total. The predicted molar refractivity (Wildman–Crippen MR) is 119 cm³/mol. The summed E-state index contributed by atoms with van der Waals surface area (Å²) in [6.07, 6.45) is 4.48. The van der Waals surface area contributed by atoms with E-state index in [0.717, 1.165) is 18.5 Å². The summed E-state index contributed by atoms with van der Waals surface area (Å²) in [5.74, 6) is 0.151. The molecule has 0 radical (unpaired) electrons. The van der Waals surface area contributed by atoms with E-state index in [4.69, 9.17) is 4.74 Å². The van der Waals surface area contributed by atoms with E-state index in [9.17, 15) is 9.59 Å². The smallest absolute Gasteiger partial charge is 0.263 e. The van der Waals surface area contributed by atoms with E-state index in [1.165, 1.54) is 0 Å². The molecule has 3 aromatic rings. The van der Waals surface area contributed by atoms with E-state index in [-0.39, 0.29) is 24.4 Å². The minimum atomic E-state index is -0.761. The van der Waals surface area contributed by atoms with Crippen LogP contribution in [-0.4, -0.2) is 40.3 Å². The van der Waals surface area contributed by atoms with Gasteiger partial charge in [-0.2, -0.15) is 5.10 Å². The van der Waals surface area contributed by atoms with Gasteiger partial charge in [0.2, 0.25) is 0 Å². The van der Waals surface area contributed by atoms with Crippen LogP contribution in [-0.2, 0) is 4.79 Å². The van der Waals surface area contributed by atoms with Gasteiger partial charge in [0.05, 0.1) is 17.9 Å². The Morgan fingerprint density at radius 3 is 2.52 bits per heavy atom. The van der Waals surface area contributed by atoms with Gasteiger partial charge >= 0.3 is 0 Å². The van der Waals surface area contributed by atoms with E-state index < -0.39 is 6.10 Å². The first-order valence-electron chi connectivity index (χ1n) is 10.6. The predicted octanol–water partition coefficient (Wildman–Crippen LogP) is 3.58. The number of carbonyl (C=O) groups excluding carboxylic acids is 2. The fourth-order valence-electron chi connectivity index (χ4n) is 3.68. The van der Waals surface area contributed by atoms with Gasteiger partial charge in [0.25, 0.3) is 11.8 Å².